The Balaban J connectivity index is 1.58. The van der Waals surface area contributed by atoms with E-state index in [2.05, 4.69) is 9.72 Å². The molecule has 1 aliphatic rings. The van der Waals surface area contributed by atoms with E-state index in [0.29, 0.717) is 6.20 Å². The number of rotatable bonds is 5. The fourth-order valence-corrected chi connectivity index (χ4v) is 3.93. The highest BCUT2D eigenvalue weighted by Gasteiger charge is 2.39. The Kier molecular flexibility index (Phi) is 5.38. The summed E-state index contributed by atoms with van der Waals surface area (Å²) in [6, 6.07) is 5.52. The van der Waals surface area contributed by atoms with Crippen molar-refractivity contribution in [3.8, 4) is 11.6 Å². The lowest BCUT2D eigenvalue weighted by Crippen LogP contribution is -2.56. The summed E-state index contributed by atoms with van der Waals surface area (Å²) in [4.78, 5) is 3.30. The van der Waals surface area contributed by atoms with Gasteiger partial charge in [0.1, 0.15) is 11.9 Å². The molecule has 2 heterocycles. The Labute approximate surface area is 160 Å². The SMILES string of the molecule is O=S(=O)(c1ccc(OC(F)(F)F)cc1)N1CC(Oc2ccc(C(F)(F)F)cn2)C1. The minimum atomic E-state index is -4.89. The largest absolute Gasteiger partial charge is 0.573 e. The van der Waals surface area contributed by atoms with Crippen molar-refractivity contribution in [3.05, 3.63) is 48.2 Å². The molecule has 13 heteroatoms. The number of benzene rings is 1. The van der Waals surface area contributed by atoms with E-state index < -0.39 is 40.0 Å². The molecule has 1 aromatic carbocycles. The van der Waals surface area contributed by atoms with Crippen molar-refractivity contribution in [3.63, 3.8) is 0 Å². The van der Waals surface area contributed by atoms with Crippen LogP contribution >= 0.6 is 0 Å². The molecule has 0 spiro atoms. The van der Waals surface area contributed by atoms with Crippen LogP contribution in [0, 0.1) is 0 Å². The average molecular weight is 442 g/mol. The van der Waals surface area contributed by atoms with Gasteiger partial charge in [-0.3, -0.25) is 0 Å². The van der Waals surface area contributed by atoms with Crippen LogP contribution in [-0.4, -0.2) is 43.3 Å². The molecule has 0 atom stereocenters. The maximum atomic E-state index is 12.5. The van der Waals surface area contributed by atoms with Gasteiger partial charge in [-0.25, -0.2) is 13.4 Å². The predicted molar refractivity (Wildman–Crippen MR) is 85.5 cm³/mol. The van der Waals surface area contributed by atoms with Crippen molar-refractivity contribution >= 4 is 10.0 Å². The van der Waals surface area contributed by atoms with Crippen LogP contribution in [-0.2, 0) is 16.2 Å². The molecule has 1 aliphatic heterocycles. The Hall–Kier alpha value is -2.54. The van der Waals surface area contributed by atoms with E-state index in [9.17, 15) is 34.8 Å². The zero-order valence-electron chi connectivity index (χ0n) is 14.2. The first-order valence-corrected chi connectivity index (χ1v) is 9.34. The zero-order valence-corrected chi connectivity index (χ0v) is 15.1. The molecule has 3 rings (SSSR count). The van der Waals surface area contributed by atoms with Crippen LogP contribution in [0.4, 0.5) is 26.3 Å². The molecule has 0 radical (unpaired) electrons. The van der Waals surface area contributed by atoms with Gasteiger partial charge in [-0.1, -0.05) is 0 Å². The summed E-state index contributed by atoms with van der Waals surface area (Å²) < 4.78 is 109. The monoisotopic (exact) mass is 442 g/mol. The lowest BCUT2D eigenvalue weighted by atomic mass is 10.2. The summed E-state index contributed by atoms with van der Waals surface area (Å²) in [5.41, 5.74) is -0.944. The number of aromatic nitrogens is 1. The molecule has 1 fully saturated rings. The fraction of sp³-hybridized carbons (Fsp3) is 0.312. The van der Waals surface area contributed by atoms with Crippen molar-refractivity contribution in [1.82, 2.24) is 9.29 Å². The molecule has 2 aromatic rings. The summed E-state index contributed by atoms with van der Waals surface area (Å²) in [6.07, 6.45) is -9.45. The molecule has 0 amide bonds. The van der Waals surface area contributed by atoms with Gasteiger partial charge in [-0.2, -0.15) is 17.5 Å². The Morgan fingerprint density at radius 1 is 0.966 bits per heavy atom. The van der Waals surface area contributed by atoms with E-state index in [1.165, 1.54) is 0 Å². The van der Waals surface area contributed by atoms with Gasteiger partial charge in [0.15, 0.2) is 0 Å². The van der Waals surface area contributed by atoms with Crippen LogP contribution in [0.3, 0.4) is 0 Å². The van der Waals surface area contributed by atoms with Gasteiger partial charge in [-0.15, -0.1) is 13.2 Å². The smallest absolute Gasteiger partial charge is 0.472 e. The topological polar surface area (TPSA) is 68.7 Å². The number of pyridine rings is 1. The number of hydrogen-bond acceptors (Lipinski definition) is 5. The molecule has 158 valence electrons. The van der Waals surface area contributed by atoms with Crippen LogP contribution in [0.15, 0.2) is 47.5 Å². The standard InChI is InChI=1S/C16H12F6N2O4S/c17-15(18,19)10-1-6-14(23-7-10)27-12-8-24(9-12)29(25,26)13-4-2-11(3-5-13)28-16(20,21)22/h1-7,12H,8-9H2. The average Bonchev–Trinajstić information content (AvgIpc) is 2.56. The number of hydrogen-bond donors (Lipinski definition) is 0. The quantitative estimate of drug-likeness (QED) is 0.664. The number of ether oxygens (including phenoxy) is 2. The Morgan fingerprint density at radius 3 is 2.07 bits per heavy atom. The van der Waals surface area contributed by atoms with Gasteiger partial charge < -0.3 is 9.47 Å². The van der Waals surface area contributed by atoms with E-state index in [1.807, 2.05) is 0 Å². The maximum Gasteiger partial charge on any atom is 0.573 e. The van der Waals surface area contributed by atoms with Gasteiger partial charge in [0.05, 0.1) is 23.5 Å². The molecule has 0 aliphatic carbocycles. The number of nitrogens with zero attached hydrogens (tertiary/aromatic N) is 2. The number of sulfonamides is 1. The van der Waals surface area contributed by atoms with Crippen molar-refractivity contribution in [2.24, 2.45) is 0 Å². The third-order valence-electron chi connectivity index (χ3n) is 3.86. The normalized spacial score (nSPS) is 16.3. The molecule has 0 N–H and O–H groups in total. The highest BCUT2D eigenvalue weighted by atomic mass is 32.2. The first-order chi connectivity index (χ1) is 13.3. The number of halogens is 6. The first-order valence-electron chi connectivity index (χ1n) is 7.90. The van der Waals surface area contributed by atoms with E-state index in [-0.39, 0.29) is 23.9 Å². The van der Waals surface area contributed by atoms with Crippen LogP contribution < -0.4 is 9.47 Å². The highest BCUT2D eigenvalue weighted by molar-refractivity contribution is 7.89. The van der Waals surface area contributed by atoms with Gasteiger partial charge in [0.2, 0.25) is 15.9 Å². The van der Waals surface area contributed by atoms with Crippen molar-refractivity contribution in [2.45, 2.75) is 23.5 Å². The molecule has 1 aromatic heterocycles. The molecular formula is C16H12F6N2O4S. The van der Waals surface area contributed by atoms with E-state index >= 15 is 0 Å². The van der Waals surface area contributed by atoms with Crippen molar-refractivity contribution in [1.29, 1.82) is 0 Å². The van der Waals surface area contributed by atoms with Crippen molar-refractivity contribution in [2.75, 3.05) is 13.1 Å². The Morgan fingerprint density at radius 2 is 1.59 bits per heavy atom. The van der Waals surface area contributed by atoms with Crippen LogP contribution in [0.25, 0.3) is 0 Å². The maximum absolute atomic E-state index is 12.5. The second kappa shape index (κ2) is 7.37. The van der Waals surface area contributed by atoms with Gasteiger partial charge in [0.25, 0.3) is 0 Å². The molecule has 6 nitrogen and oxygen atoms in total. The molecule has 0 unspecified atom stereocenters. The molecular weight excluding hydrogens is 430 g/mol. The van der Waals surface area contributed by atoms with Crippen LogP contribution in [0.5, 0.6) is 11.6 Å². The predicted octanol–water partition coefficient (Wildman–Crippen LogP) is 3.45. The van der Waals surface area contributed by atoms with Gasteiger partial charge in [-0.05, 0) is 30.3 Å². The van der Waals surface area contributed by atoms with E-state index in [1.54, 1.807) is 0 Å². The Bertz CT molecular complexity index is 953. The van der Waals surface area contributed by atoms with Gasteiger partial charge >= 0.3 is 12.5 Å². The van der Waals surface area contributed by atoms with E-state index in [4.69, 9.17) is 4.74 Å². The molecule has 0 saturated carbocycles. The highest BCUT2D eigenvalue weighted by Crippen LogP contribution is 2.30. The van der Waals surface area contributed by atoms with Crippen LogP contribution in [0.2, 0.25) is 0 Å². The second-order valence-electron chi connectivity index (χ2n) is 5.96. The zero-order chi connectivity index (χ0) is 21.4. The number of alkyl halides is 6. The summed E-state index contributed by atoms with van der Waals surface area (Å²) in [6.45, 7) is -0.183. The second-order valence-corrected chi connectivity index (χ2v) is 7.90. The van der Waals surface area contributed by atoms with Crippen LogP contribution in [0.1, 0.15) is 5.56 Å². The fourth-order valence-electron chi connectivity index (χ4n) is 2.42. The first kappa shape index (κ1) is 21.2. The minimum absolute atomic E-state index is 0.0892. The molecule has 29 heavy (non-hydrogen) atoms. The lowest BCUT2D eigenvalue weighted by Gasteiger charge is -2.37. The minimum Gasteiger partial charge on any atom is -0.472 e. The van der Waals surface area contributed by atoms with Crippen molar-refractivity contribution < 1.29 is 44.2 Å². The summed E-state index contributed by atoms with van der Waals surface area (Å²) in [5.74, 6) is -0.650. The summed E-state index contributed by atoms with van der Waals surface area (Å²) in [5, 5.41) is 0. The van der Waals surface area contributed by atoms with Gasteiger partial charge in [0, 0.05) is 12.3 Å². The third kappa shape index (κ3) is 5.09. The summed E-state index contributed by atoms with van der Waals surface area (Å²) in [7, 11) is -3.97. The van der Waals surface area contributed by atoms with E-state index in [0.717, 1.165) is 40.7 Å². The molecule has 1 saturated heterocycles. The lowest BCUT2D eigenvalue weighted by molar-refractivity contribution is -0.274. The third-order valence-corrected chi connectivity index (χ3v) is 5.71. The summed E-state index contributed by atoms with van der Waals surface area (Å²) >= 11 is 0. The molecule has 0 bridgehead atoms.